The Bertz CT molecular complexity index is 247. The van der Waals surface area contributed by atoms with Crippen LogP contribution in [0, 0.1) is 0 Å². The lowest BCUT2D eigenvalue weighted by Gasteiger charge is -2.41. The summed E-state index contributed by atoms with van der Waals surface area (Å²) in [5.74, 6) is 0. The van der Waals surface area contributed by atoms with Gasteiger partial charge in [0.1, 0.15) is 0 Å². The molecule has 0 amide bonds. The van der Waals surface area contributed by atoms with Crippen molar-refractivity contribution in [2.24, 2.45) is 0 Å². The van der Waals surface area contributed by atoms with Gasteiger partial charge < -0.3 is 10.1 Å². The molecule has 3 fully saturated rings. The lowest BCUT2D eigenvalue weighted by atomic mass is 9.79. The van der Waals surface area contributed by atoms with Crippen LogP contribution in [0.5, 0.6) is 0 Å². The number of ether oxygens (including phenoxy) is 1. The van der Waals surface area contributed by atoms with Gasteiger partial charge in [0, 0.05) is 32.3 Å². The summed E-state index contributed by atoms with van der Waals surface area (Å²) < 4.78 is 5.67. The molecule has 0 aromatic carbocycles. The SMILES string of the molecule is COC1(CNC2CCN3CCCC23)CCC1. The van der Waals surface area contributed by atoms with Crippen molar-refractivity contribution in [1.29, 1.82) is 0 Å². The fraction of sp³-hybridized carbons (Fsp3) is 1.00. The van der Waals surface area contributed by atoms with Crippen molar-refractivity contribution >= 4 is 0 Å². The highest BCUT2D eigenvalue weighted by Crippen LogP contribution is 2.35. The van der Waals surface area contributed by atoms with E-state index in [-0.39, 0.29) is 5.60 Å². The summed E-state index contributed by atoms with van der Waals surface area (Å²) in [5.41, 5.74) is 0.187. The Morgan fingerprint density at radius 2 is 2.12 bits per heavy atom. The van der Waals surface area contributed by atoms with Gasteiger partial charge in [-0.3, -0.25) is 4.90 Å². The van der Waals surface area contributed by atoms with Crippen LogP contribution >= 0.6 is 0 Å². The van der Waals surface area contributed by atoms with Gasteiger partial charge >= 0.3 is 0 Å². The summed E-state index contributed by atoms with van der Waals surface area (Å²) in [7, 11) is 1.87. The lowest BCUT2D eigenvalue weighted by Crippen LogP contribution is -2.52. The Labute approximate surface area is 98.5 Å². The molecule has 92 valence electrons. The van der Waals surface area contributed by atoms with Gasteiger partial charge in [-0.1, -0.05) is 0 Å². The Hall–Kier alpha value is -0.120. The molecule has 16 heavy (non-hydrogen) atoms. The van der Waals surface area contributed by atoms with Gasteiger partial charge in [0.25, 0.3) is 0 Å². The van der Waals surface area contributed by atoms with Crippen molar-refractivity contribution in [2.75, 3.05) is 26.7 Å². The van der Waals surface area contributed by atoms with Crippen molar-refractivity contribution in [3.63, 3.8) is 0 Å². The van der Waals surface area contributed by atoms with E-state index in [1.165, 1.54) is 51.6 Å². The van der Waals surface area contributed by atoms with E-state index in [9.17, 15) is 0 Å². The molecule has 3 rings (SSSR count). The van der Waals surface area contributed by atoms with E-state index in [4.69, 9.17) is 4.74 Å². The molecular weight excluding hydrogens is 200 g/mol. The van der Waals surface area contributed by atoms with Crippen LogP contribution < -0.4 is 5.32 Å². The first-order valence-corrected chi connectivity index (χ1v) is 6.86. The van der Waals surface area contributed by atoms with E-state index < -0.39 is 0 Å². The predicted octanol–water partition coefficient (Wildman–Crippen LogP) is 1.38. The van der Waals surface area contributed by atoms with E-state index in [1.807, 2.05) is 7.11 Å². The van der Waals surface area contributed by atoms with Gasteiger partial charge in [0.15, 0.2) is 0 Å². The van der Waals surface area contributed by atoms with E-state index in [0.717, 1.165) is 18.6 Å². The van der Waals surface area contributed by atoms with E-state index in [1.54, 1.807) is 0 Å². The summed E-state index contributed by atoms with van der Waals surface area (Å²) in [4.78, 5) is 2.66. The van der Waals surface area contributed by atoms with Crippen molar-refractivity contribution in [1.82, 2.24) is 10.2 Å². The molecule has 2 atom stereocenters. The second kappa shape index (κ2) is 4.28. The summed E-state index contributed by atoms with van der Waals surface area (Å²) in [6.07, 6.45) is 7.98. The number of rotatable bonds is 4. The summed E-state index contributed by atoms with van der Waals surface area (Å²) in [5, 5.41) is 3.78. The molecule has 2 unspecified atom stereocenters. The van der Waals surface area contributed by atoms with Gasteiger partial charge in [0.05, 0.1) is 5.60 Å². The standard InChI is InChI=1S/C13H24N2O/c1-16-13(6-3-7-13)10-14-11-5-9-15-8-2-4-12(11)15/h11-12,14H,2-10H2,1H3. The Morgan fingerprint density at radius 1 is 1.25 bits per heavy atom. The minimum absolute atomic E-state index is 0.187. The average molecular weight is 224 g/mol. The fourth-order valence-corrected chi connectivity index (χ4v) is 3.66. The molecule has 3 heteroatoms. The number of hydrogen-bond acceptors (Lipinski definition) is 3. The van der Waals surface area contributed by atoms with Crippen molar-refractivity contribution in [2.45, 2.75) is 56.2 Å². The monoisotopic (exact) mass is 224 g/mol. The molecule has 1 aliphatic carbocycles. The molecule has 0 aromatic heterocycles. The third-order valence-electron chi connectivity index (χ3n) is 4.99. The molecule has 0 spiro atoms. The van der Waals surface area contributed by atoms with E-state index in [2.05, 4.69) is 10.2 Å². The first-order valence-electron chi connectivity index (χ1n) is 6.86. The van der Waals surface area contributed by atoms with Crippen LogP contribution in [0.2, 0.25) is 0 Å². The normalized spacial score (nSPS) is 37.3. The molecule has 3 aliphatic rings. The van der Waals surface area contributed by atoms with Gasteiger partial charge in [-0.2, -0.15) is 0 Å². The van der Waals surface area contributed by atoms with Crippen molar-refractivity contribution < 1.29 is 4.74 Å². The summed E-state index contributed by atoms with van der Waals surface area (Å²) in [6, 6.07) is 1.56. The smallest absolute Gasteiger partial charge is 0.0802 e. The molecular formula is C13H24N2O. The minimum Gasteiger partial charge on any atom is -0.377 e. The quantitative estimate of drug-likeness (QED) is 0.781. The third kappa shape index (κ3) is 1.79. The van der Waals surface area contributed by atoms with Crippen LogP contribution in [-0.4, -0.2) is 49.3 Å². The number of nitrogens with zero attached hydrogens (tertiary/aromatic N) is 1. The maximum Gasteiger partial charge on any atom is 0.0802 e. The summed E-state index contributed by atoms with van der Waals surface area (Å²) in [6.45, 7) is 3.71. The maximum absolute atomic E-state index is 5.67. The lowest BCUT2D eigenvalue weighted by molar-refractivity contribution is -0.0711. The second-order valence-corrected chi connectivity index (χ2v) is 5.76. The molecule has 2 aliphatic heterocycles. The van der Waals surface area contributed by atoms with Crippen LogP contribution in [0.4, 0.5) is 0 Å². The van der Waals surface area contributed by atoms with Crippen LogP contribution in [0.15, 0.2) is 0 Å². The van der Waals surface area contributed by atoms with Crippen molar-refractivity contribution in [3.05, 3.63) is 0 Å². The van der Waals surface area contributed by atoms with Gasteiger partial charge in [0.2, 0.25) is 0 Å². The summed E-state index contributed by atoms with van der Waals surface area (Å²) >= 11 is 0. The number of fused-ring (bicyclic) bond motifs is 1. The molecule has 3 nitrogen and oxygen atoms in total. The van der Waals surface area contributed by atoms with E-state index in [0.29, 0.717) is 0 Å². The first-order chi connectivity index (χ1) is 7.83. The molecule has 1 saturated carbocycles. The maximum atomic E-state index is 5.67. The topological polar surface area (TPSA) is 24.5 Å². The molecule has 0 aromatic rings. The van der Waals surface area contributed by atoms with Crippen LogP contribution in [-0.2, 0) is 4.74 Å². The largest absolute Gasteiger partial charge is 0.377 e. The van der Waals surface area contributed by atoms with E-state index >= 15 is 0 Å². The second-order valence-electron chi connectivity index (χ2n) is 5.76. The average Bonchev–Trinajstić information content (AvgIpc) is 2.80. The molecule has 0 bridgehead atoms. The Balaban J connectivity index is 1.51. The number of methoxy groups -OCH3 is 1. The molecule has 0 radical (unpaired) electrons. The van der Waals surface area contributed by atoms with Crippen LogP contribution in [0.3, 0.4) is 0 Å². The van der Waals surface area contributed by atoms with Gasteiger partial charge in [-0.25, -0.2) is 0 Å². The fourth-order valence-electron chi connectivity index (χ4n) is 3.66. The van der Waals surface area contributed by atoms with Gasteiger partial charge in [-0.15, -0.1) is 0 Å². The Kier molecular flexibility index (Phi) is 2.94. The predicted molar refractivity (Wildman–Crippen MR) is 64.6 cm³/mol. The highest BCUT2D eigenvalue weighted by Gasteiger charge is 2.41. The first kappa shape index (κ1) is 11.0. The molecule has 2 saturated heterocycles. The minimum atomic E-state index is 0.187. The molecule has 1 N–H and O–H groups in total. The Morgan fingerprint density at radius 3 is 2.81 bits per heavy atom. The van der Waals surface area contributed by atoms with Crippen molar-refractivity contribution in [3.8, 4) is 0 Å². The van der Waals surface area contributed by atoms with Crippen LogP contribution in [0.1, 0.15) is 38.5 Å². The highest BCUT2D eigenvalue weighted by atomic mass is 16.5. The third-order valence-corrected chi connectivity index (χ3v) is 4.99. The highest BCUT2D eigenvalue weighted by molar-refractivity contribution is 4.98. The zero-order valence-corrected chi connectivity index (χ0v) is 10.4. The number of nitrogens with one attached hydrogen (secondary N) is 1. The zero-order valence-electron chi connectivity index (χ0n) is 10.4. The number of hydrogen-bond donors (Lipinski definition) is 1. The van der Waals surface area contributed by atoms with Crippen LogP contribution in [0.25, 0.3) is 0 Å². The van der Waals surface area contributed by atoms with Gasteiger partial charge in [-0.05, 0) is 45.1 Å². The molecule has 2 heterocycles. The zero-order chi connectivity index (χ0) is 11.0.